The van der Waals surface area contributed by atoms with E-state index in [1.165, 1.54) is 0 Å². The summed E-state index contributed by atoms with van der Waals surface area (Å²) in [5.41, 5.74) is 0. The molecule has 0 bridgehead atoms. The SMILES string of the molecule is CC(CCl)CS(=O)(=O)NCC1COCCO1. The molecule has 1 aliphatic rings. The Morgan fingerprint density at radius 3 is 2.81 bits per heavy atom. The fourth-order valence-electron chi connectivity index (χ4n) is 1.35. The average Bonchev–Trinajstić information content (AvgIpc) is 2.27. The monoisotopic (exact) mass is 271 g/mol. The van der Waals surface area contributed by atoms with Gasteiger partial charge in [0.1, 0.15) is 0 Å². The Balaban J connectivity index is 2.29. The Hall–Kier alpha value is 0.120. The van der Waals surface area contributed by atoms with Crippen LogP contribution in [0.15, 0.2) is 0 Å². The maximum absolute atomic E-state index is 11.6. The van der Waals surface area contributed by atoms with Crippen molar-refractivity contribution in [2.24, 2.45) is 5.92 Å². The van der Waals surface area contributed by atoms with Crippen LogP contribution in [0.4, 0.5) is 0 Å². The Labute approximate surface area is 101 Å². The normalized spacial score (nSPS) is 24.2. The maximum atomic E-state index is 11.6. The van der Waals surface area contributed by atoms with E-state index in [2.05, 4.69) is 4.72 Å². The van der Waals surface area contributed by atoms with Gasteiger partial charge in [-0.1, -0.05) is 6.92 Å². The van der Waals surface area contributed by atoms with Crippen LogP contribution < -0.4 is 4.72 Å². The van der Waals surface area contributed by atoms with E-state index in [1.807, 2.05) is 0 Å². The average molecular weight is 272 g/mol. The van der Waals surface area contributed by atoms with E-state index in [9.17, 15) is 8.42 Å². The number of rotatable bonds is 6. The molecule has 1 rings (SSSR count). The van der Waals surface area contributed by atoms with Gasteiger partial charge < -0.3 is 9.47 Å². The van der Waals surface area contributed by atoms with Crippen molar-refractivity contribution in [3.8, 4) is 0 Å². The van der Waals surface area contributed by atoms with E-state index in [4.69, 9.17) is 21.1 Å². The minimum atomic E-state index is -3.26. The summed E-state index contributed by atoms with van der Waals surface area (Å²) >= 11 is 5.57. The standard InChI is InChI=1S/C9H18ClNO4S/c1-8(4-10)7-16(12,13)11-5-9-6-14-2-3-15-9/h8-9,11H,2-7H2,1H3. The third kappa shape index (κ3) is 5.45. The molecular weight excluding hydrogens is 254 g/mol. The Morgan fingerprint density at radius 2 is 2.25 bits per heavy atom. The van der Waals surface area contributed by atoms with Crippen LogP contribution in [0.3, 0.4) is 0 Å². The molecule has 1 fully saturated rings. The summed E-state index contributed by atoms with van der Waals surface area (Å²) in [6.07, 6.45) is -0.185. The van der Waals surface area contributed by atoms with Crippen LogP contribution in [0.2, 0.25) is 0 Å². The zero-order valence-corrected chi connectivity index (χ0v) is 10.9. The molecule has 7 heteroatoms. The molecule has 0 aliphatic carbocycles. The number of alkyl halides is 1. The lowest BCUT2D eigenvalue weighted by Crippen LogP contribution is -2.41. The lowest BCUT2D eigenvalue weighted by atomic mass is 10.3. The van der Waals surface area contributed by atoms with Gasteiger partial charge in [0, 0.05) is 12.4 Å². The van der Waals surface area contributed by atoms with Crippen LogP contribution >= 0.6 is 11.6 Å². The number of hydrogen-bond acceptors (Lipinski definition) is 4. The molecule has 0 amide bonds. The van der Waals surface area contributed by atoms with Crippen LogP contribution in [0.1, 0.15) is 6.92 Å². The van der Waals surface area contributed by atoms with Gasteiger partial charge in [0.25, 0.3) is 0 Å². The van der Waals surface area contributed by atoms with Gasteiger partial charge in [-0.15, -0.1) is 11.6 Å². The van der Waals surface area contributed by atoms with Crippen LogP contribution in [0, 0.1) is 5.92 Å². The number of sulfonamides is 1. The van der Waals surface area contributed by atoms with Crippen LogP contribution in [0.25, 0.3) is 0 Å². The predicted molar refractivity (Wildman–Crippen MR) is 62.2 cm³/mol. The van der Waals surface area contributed by atoms with E-state index < -0.39 is 10.0 Å². The summed E-state index contributed by atoms with van der Waals surface area (Å²) in [4.78, 5) is 0. The Kier molecular flexibility index (Phi) is 5.99. The molecular formula is C9H18ClNO4S. The molecule has 0 aromatic rings. The van der Waals surface area contributed by atoms with Crippen LogP contribution in [0.5, 0.6) is 0 Å². The zero-order chi connectivity index (χ0) is 12.0. The van der Waals surface area contributed by atoms with Gasteiger partial charge in [-0.3, -0.25) is 0 Å². The molecule has 0 saturated carbocycles. The molecule has 0 radical (unpaired) electrons. The van der Waals surface area contributed by atoms with Crippen molar-refractivity contribution in [3.63, 3.8) is 0 Å². The lowest BCUT2D eigenvalue weighted by molar-refractivity contribution is -0.0847. The predicted octanol–water partition coefficient (Wildman–Crippen LogP) is 0.196. The number of nitrogens with one attached hydrogen (secondary N) is 1. The smallest absolute Gasteiger partial charge is 0.211 e. The van der Waals surface area contributed by atoms with E-state index >= 15 is 0 Å². The molecule has 2 unspecified atom stereocenters. The summed E-state index contributed by atoms with van der Waals surface area (Å²) in [7, 11) is -3.26. The first-order valence-corrected chi connectivity index (χ1v) is 7.45. The second-order valence-corrected chi connectivity index (χ2v) is 6.12. The topological polar surface area (TPSA) is 64.6 Å². The van der Waals surface area contributed by atoms with Crippen molar-refractivity contribution in [2.45, 2.75) is 13.0 Å². The Morgan fingerprint density at radius 1 is 1.50 bits per heavy atom. The van der Waals surface area contributed by atoms with Crippen molar-refractivity contribution in [1.29, 1.82) is 0 Å². The molecule has 2 atom stereocenters. The summed E-state index contributed by atoms with van der Waals surface area (Å²) in [5, 5.41) is 0. The van der Waals surface area contributed by atoms with Gasteiger partial charge >= 0.3 is 0 Å². The van der Waals surface area contributed by atoms with E-state index in [-0.39, 0.29) is 24.3 Å². The maximum Gasteiger partial charge on any atom is 0.211 e. The molecule has 1 saturated heterocycles. The van der Waals surface area contributed by atoms with Gasteiger partial charge in [0.15, 0.2) is 0 Å². The first-order valence-electron chi connectivity index (χ1n) is 5.26. The van der Waals surface area contributed by atoms with Gasteiger partial charge in [-0.2, -0.15) is 0 Å². The van der Waals surface area contributed by atoms with E-state index in [1.54, 1.807) is 6.92 Å². The second-order valence-electron chi connectivity index (χ2n) is 3.96. The van der Waals surface area contributed by atoms with Gasteiger partial charge in [-0.05, 0) is 5.92 Å². The fraction of sp³-hybridized carbons (Fsp3) is 1.00. The van der Waals surface area contributed by atoms with Crippen LogP contribution in [-0.2, 0) is 19.5 Å². The molecule has 16 heavy (non-hydrogen) atoms. The molecule has 1 N–H and O–H groups in total. The Bertz CT molecular complexity index is 290. The molecule has 1 aliphatic heterocycles. The number of ether oxygens (including phenoxy) is 2. The molecule has 0 aromatic carbocycles. The summed E-state index contributed by atoms with van der Waals surface area (Å²) < 4.78 is 36.2. The summed E-state index contributed by atoms with van der Waals surface area (Å²) in [5.74, 6) is 0.330. The van der Waals surface area contributed by atoms with E-state index in [0.29, 0.717) is 25.7 Å². The summed E-state index contributed by atoms with van der Waals surface area (Å²) in [6, 6.07) is 0. The second kappa shape index (κ2) is 6.76. The number of hydrogen-bond donors (Lipinski definition) is 1. The van der Waals surface area contributed by atoms with Crippen molar-refractivity contribution in [3.05, 3.63) is 0 Å². The van der Waals surface area contributed by atoms with Crippen LogP contribution in [-0.4, -0.2) is 52.5 Å². The van der Waals surface area contributed by atoms with Crippen molar-refractivity contribution >= 4 is 21.6 Å². The molecule has 1 heterocycles. The lowest BCUT2D eigenvalue weighted by Gasteiger charge is -2.23. The van der Waals surface area contributed by atoms with E-state index in [0.717, 1.165) is 0 Å². The molecule has 0 spiro atoms. The minimum Gasteiger partial charge on any atom is -0.376 e. The fourth-order valence-corrected chi connectivity index (χ4v) is 3.02. The van der Waals surface area contributed by atoms with Crippen molar-refractivity contribution in [2.75, 3.05) is 38.0 Å². The highest BCUT2D eigenvalue weighted by atomic mass is 35.5. The highest BCUT2D eigenvalue weighted by molar-refractivity contribution is 7.89. The molecule has 96 valence electrons. The largest absolute Gasteiger partial charge is 0.376 e. The molecule has 5 nitrogen and oxygen atoms in total. The van der Waals surface area contributed by atoms with Crippen molar-refractivity contribution < 1.29 is 17.9 Å². The third-order valence-electron chi connectivity index (χ3n) is 2.18. The highest BCUT2D eigenvalue weighted by Gasteiger charge is 2.19. The number of halogens is 1. The first-order chi connectivity index (χ1) is 7.53. The van der Waals surface area contributed by atoms with Gasteiger partial charge in [-0.25, -0.2) is 13.1 Å². The van der Waals surface area contributed by atoms with Gasteiger partial charge in [0.05, 0.1) is 31.7 Å². The third-order valence-corrected chi connectivity index (χ3v) is 4.32. The van der Waals surface area contributed by atoms with Crippen molar-refractivity contribution in [1.82, 2.24) is 4.72 Å². The highest BCUT2D eigenvalue weighted by Crippen LogP contribution is 2.04. The van der Waals surface area contributed by atoms with Gasteiger partial charge in [0.2, 0.25) is 10.0 Å². The first kappa shape index (κ1) is 14.2. The minimum absolute atomic E-state index is 0.0457. The zero-order valence-electron chi connectivity index (χ0n) is 9.32. The summed E-state index contributed by atoms with van der Waals surface area (Å²) in [6.45, 7) is 3.59. The quantitative estimate of drug-likeness (QED) is 0.701. The molecule has 0 aromatic heterocycles.